The van der Waals surface area contributed by atoms with E-state index in [9.17, 15) is 9.67 Å². The average molecular weight is 223 g/mol. The van der Waals surface area contributed by atoms with Crippen LogP contribution in [0, 0.1) is 0 Å². The first-order valence-corrected chi connectivity index (χ1v) is 6.80. The maximum Gasteiger partial charge on any atom is 0.193 e. The summed E-state index contributed by atoms with van der Waals surface area (Å²) in [6.45, 7) is 2.51. The molecular weight excluding hydrogens is 201 g/mol. The lowest BCUT2D eigenvalue weighted by atomic mass is 10.1. The molecule has 2 atom stereocenters. The first-order chi connectivity index (χ1) is 6.70. The highest BCUT2D eigenvalue weighted by Crippen LogP contribution is 2.24. The Morgan fingerprint density at radius 1 is 1.36 bits per heavy atom. The van der Waals surface area contributed by atoms with Crippen LogP contribution in [0.4, 0.5) is 0 Å². The lowest BCUT2D eigenvalue weighted by Crippen LogP contribution is -2.07. The third-order valence-electron chi connectivity index (χ3n) is 1.96. The number of rotatable bonds is 9. The van der Waals surface area contributed by atoms with Crippen LogP contribution in [0.1, 0.15) is 39.0 Å². The fourth-order valence-electron chi connectivity index (χ4n) is 1.11. The van der Waals surface area contributed by atoms with Crippen LogP contribution in [0.3, 0.4) is 0 Å². The van der Waals surface area contributed by atoms with Crippen molar-refractivity contribution in [3.8, 4) is 0 Å². The molecule has 0 radical (unpaired) electrons. The topological polar surface area (TPSA) is 72.5 Å². The van der Waals surface area contributed by atoms with Gasteiger partial charge in [0.25, 0.3) is 0 Å². The van der Waals surface area contributed by atoms with Gasteiger partial charge in [0.15, 0.2) is 14.3 Å². The average Bonchev–Trinajstić information content (AvgIpc) is 2.17. The molecule has 0 aromatic heterocycles. The van der Waals surface area contributed by atoms with Crippen molar-refractivity contribution in [1.29, 1.82) is 0 Å². The van der Waals surface area contributed by atoms with Gasteiger partial charge in [0, 0.05) is 6.16 Å². The Morgan fingerprint density at radius 2 is 2.00 bits per heavy atom. The van der Waals surface area contributed by atoms with E-state index in [0.717, 1.165) is 32.2 Å². The molecule has 0 aromatic rings. The summed E-state index contributed by atoms with van der Waals surface area (Å²) in [7, 11) is -1.99. The van der Waals surface area contributed by atoms with E-state index in [4.69, 9.17) is 10.3 Å². The van der Waals surface area contributed by atoms with Gasteiger partial charge in [-0.2, -0.15) is 0 Å². The Bertz CT molecular complexity index is 155. The molecule has 0 spiro atoms. The third-order valence-corrected chi connectivity index (χ3v) is 3.07. The van der Waals surface area contributed by atoms with E-state index < -0.39 is 14.3 Å². The molecule has 0 heterocycles. The quantitative estimate of drug-likeness (QED) is 0.354. The van der Waals surface area contributed by atoms with Crippen LogP contribution in [-0.4, -0.2) is 24.1 Å². The Kier molecular flexibility index (Phi) is 9.73. The first kappa shape index (κ1) is 14.1. The minimum atomic E-state index is -1.99. The van der Waals surface area contributed by atoms with Crippen molar-refractivity contribution in [2.45, 2.75) is 45.3 Å². The second kappa shape index (κ2) is 9.66. The second-order valence-electron chi connectivity index (χ2n) is 3.29. The van der Waals surface area contributed by atoms with Crippen molar-refractivity contribution in [3.05, 3.63) is 0 Å². The van der Waals surface area contributed by atoms with Gasteiger partial charge >= 0.3 is 0 Å². The summed E-state index contributed by atoms with van der Waals surface area (Å²) in [4.78, 5) is 0. The van der Waals surface area contributed by atoms with Crippen molar-refractivity contribution >= 4 is 8.03 Å². The number of aliphatic hydroxyl groups excluding tert-OH is 1. The summed E-state index contributed by atoms with van der Waals surface area (Å²) in [6, 6.07) is 0. The fourth-order valence-corrected chi connectivity index (χ4v) is 1.70. The molecule has 5 heteroatoms. The van der Waals surface area contributed by atoms with Gasteiger partial charge in [0.2, 0.25) is 0 Å². The van der Waals surface area contributed by atoms with Crippen molar-refractivity contribution in [1.82, 2.24) is 0 Å². The molecule has 0 amide bonds. The summed E-state index contributed by atoms with van der Waals surface area (Å²) in [5.41, 5.74) is 5.34. The summed E-state index contributed by atoms with van der Waals surface area (Å²) >= 11 is 0. The lowest BCUT2D eigenvalue weighted by Gasteiger charge is -2.10. The van der Waals surface area contributed by atoms with Crippen LogP contribution in [0.15, 0.2) is 0 Å². The molecule has 0 fully saturated rings. The normalized spacial score (nSPS) is 15.4. The molecule has 0 saturated carbocycles. The Hall–Kier alpha value is 0.110. The molecule has 0 bridgehead atoms. The van der Waals surface area contributed by atoms with Gasteiger partial charge in [0.1, 0.15) is 0 Å². The Balaban J connectivity index is 3.26. The third kappa shape index (κ3) is 8.70. The van der Waals surface area contributed by atoms with Crippen molar-refractivity contribution < 1.29 is 14.2 Å². The molecule has 0 aliphatic carbocycles. The molecule has 2 unspecified atom stereocenters. The van der Waals surface area contributed by atoms with Crippen LogP contribution in [0.25, 0.3) is 0 Å². The van der Waals surface area contributed by atoms with E-state index in [1.165, 1.54) is 0 Å². The highest BCUT2D eigenvalue weighted by atomic mass is 31.1. The first-order valence-electron chi connectivity index (χ1n) is 5.28. The molecule has 0 aliphatic heterocycles. The molecule has 0 saturated heterocycles. The predicted molar refractivity (Wildman–Crippen MR) is 58.8 cm³/mol. The summed E-state index contributed by atoms with van der Waals surface area (Å²) in [5.74, 6) is 0. The summed E-state index contributed by atoms with van der Waals surface area (Å²) in [6.07, 6.45) is 4.29. The van der Waals surface area contributed by atoms with Gasteiger partial charge in [-0.25, -0.2) is 0 Å². The molecule has 3 N–H and O–H groups in total. The van der Waals surface area contributed by atoms with Gasteiger partial charge in [-0.1, -0.05) is 19.8 Å². The largest absolute Gasteiger partial charge is 0.368 e. The van der Waals surface area contributed by atoms with E-state index in [1.807, 2.05) is 0 Å². The highest BCUT2D eigenvalue weighted by Gasteiger charge is 2.06. The minimum Gasteiger partial charge on any atom is -0.368 e. The predicted octanol–water partition coefficient (Wildman–Crippen LogP) is 1.73. The zero-order valence-electron chi connectivity index (χ0n) is 8.87. The van der Waals surface area contributed by atoms with Gasteiger partial charge < -0.3 is 15.4 Å². The lowest BCUT2D eigenvalue weighted by molar-refractivity contribution is -0.0183. The SMILES string of the molecule is CC[PH](=O)OC(O)CCCCCCN. The van der Waals surface area contributed by atoms with E-state index in [0.29, 0.717) is 12.6 Å². The number of hydrogen-bond acceptors (Lipinski definition) is 4. The van der Waals surface area contributed by atoms with E-state index in [-0.39, 0.29) is 0 Å². The fraction of sp³-hybridized carbons (Fsp3) is 1.00. The molecule has 0 aromatic carbocycles. The van der Waals surface area contributed by atoms with Crippen LogP contribution in [0.5, 0.6) is 0 Å². The van der Waals surface area contributed by atoms with Crippen molar-refractivity contribution in [2.75, 3.05) is 12.7 Å². The molecule has 4 nitrogen and oxygen atoms in total. The minimum absolute atomic E-state index is 0.495. The maximum absolute atomic E-state index is 10.9. The van der Waals surface area contributed by atoms with E-state index >= 15 is 0 Å². The number of unbranched alkanes of at least 4 members (excludes halogenated alkanes) is 3. The maximum atomic E-state index is 10.9. The van der Waals surface area contributed by atoms with Crippen LogP contribution in [-0.2, 0) is 9.09 Å². The summed E-state index contributed by atoms with van der Waals surface area (Å²) in [5, 5.41) is 9.29. The Labute approximate surface area is 86.7 Å². The van der Waals surface area contributed by atoms with E-state index in [2.05, 4.69) is 0 Å². The zero-order chi connectivity index (χ0) is 10.8. The van der Waals surface area contributed by atoms with Crippen LogP contribution in [0.2, 0.25) is 0 Å². The molecule has 14 heavy (non-hydrogen) atoms. The van der Waals surface area contributed by atoms with Crippen molar-refractivity contribution in [2.24, 2.45) is 5.73 Å². The van der Waals surface area contributed by atoms with E-state index in [1.54, 1.807) is 6.92 Å². The van der Waals surface area contributed by atoms with Gasteiger partial charge in [0.05, 0.1) is 0 Å². The van der Waals surface area contributed by atoms with Crippen LogP contribution < -0.4 is 5.73 Å². The monoisotopic (exact) mass is 223 g/mol. The summed E-state index contributed by atoms with van der Waals surface area (Å²) < 4.78 is 15.8. The number of aliphatic hydroxyl groups is 1. The standard InChI is InChI=1S/C9H22NO3P/c1-2-14(12)13-9(11)7-5-3-4-6-8-10/h9,11,14H,2-8,10H2,1H3. The molecule has 86 valence electrons. The number of nitrogens with two attached hydrogens (primary N) is 1. The van der Waals surface area contributed by atoms with Crippen LogP contribution >= 0.6 is 8.03 Å². The number of hydrogen-bond donors (Lipinski definition) is 2. The van der Waals surface area contributed by atoms with Gasteiger partial charge in [-0.05, 0) is 25.8 Å². The highest BCUT2D eigenvalue weighted by molar-refractivity contribution is 7.39. The molecule has 0 rings (SSSR count). The Morgan fingerprint density at radius 3 is 2.57 bits per heavy atom. The zero-order valence-corrected chi connectivity index (χ0v) is 9.87. The smallest absolute Gasteiger partial charge is 0.193 e. The molecule has 0 aliphatic rings. The molecular formula is C9H22NO3P. The van der Waals surface area contributed by atoms with Crippen molar-refractivity contribution in [3.63, 3.8) is 0 Å². The van der Waals surface area contributed by atoms with Gasteiger partial charge in [-0.3, -0.25) is 4.57 Å². The second-order valence-corrected chi connectivity index (χ2v) is 4.98. The van der Waals surface area contributed by atoms with Gasteiger partial charge in [-0.15, -0.1) is 0 Å².